The Hall–Kier alpha value is -2.93. The number of carboxylic acids is 1. The quantitative estimate of drug-likeness (QED) is 0.201. The number of nitrogens with zero attached hydrogens (tertiary/aromatic N) is 2. The molecular weight excluding hydrogens is 541 g/mol. The molecule has 0 saturated heterocycles. The van der Waals surface area contributed by atoms with Crippen LogP contribution in [0.1, 0.15) is 49.9 Å². The van der Waals surface area contributed by atoms with Crippen LogP contribution in [0, 0.1) is 0 Å². The molecule has 3 aromatic rings. The number of hydrogen-bond acceptors (Lipinski definition) is 7. The van der Waals surface area contributed by atoms with Crippen LogP contribution < -0.4 is 15.5 Å². The molecule has 0 aliphatic rings. The van der Waals surface area contributed by atoms with Crippen molar-refractivity contribution in [1.29, 1.82) is 0 Å². The van der Waals surface area contributed by atoms with Gasteiger partial charge in [-0.05, 0) is 56.7 Å². The molecule has 0 heterocycles. The van der Waals surface area contributed by atoms with Crippen LogP contribution in [-0.4, -0.2) is 41.2 Å². The summed E-state index contributed by atoms with van der Waals surface area (Å²) in [6, 6.07) is 25.4. The van der Waals surface area contributed by atoms with Crippen LogP contribution in [0.3, 0.4) is 0 Å². The van der Waals surface area contributed by atoms with Crippen molar-refractivity contribution in [3.05, 3.63) is 102 Å². The Morgan fingerprint density at radius 1 is 0.947 bits per heavy atom. The summed E-state index contributed by atoms with van der Waals surface area (Å²) < 4.78 is 0. The van der Waals surface area contributed by atoms with Crippen LogP contribution in [-0.2, 0) is 21.3 Å². The molecule has 0 aliphatic heterocycles. The first-order valence-corrected chi connectivity index (χ1v) is 13.6. The van der Waals surface area contributed by atoms with Gasteiger partial charge in [0.05, 0.1) is 23.4 Å². The first-order chi connectivity index (χ1) is 17.7. The molecule has 3 rings (SSSR count). The van der Waals surface area contributed by atoms with E-state index in [2.05, 4.69) is 15.3 Å². The number of carboxylic acid groups (broad SMARTS) is 1. The van der Waals surface area contributed by atoms with Gasteiger partial charge >= 0.3 is 16.5 Å². The van der Waals surface area contributed by atoms with E-state index in [0.717, 1.165) is 11.1 Å². The smallest absolute Gasteiger partial charge is 0.860 e. The summed E-state index contributed by atoms with van der Waals surface area (Å²) in [6.07, 6.45) is 2.26. The number of rotatable bonds is 12. The van der Waals surface area contributed by atoms with Gasteiger partial charge in [-0.15, -0.1) is 0 Å². The summed E-state index contributed by atoms with van der Waals surface area (Å²) in [5, 5.41) is 28.7. The van der Waals surface area contributed by atoms with Gasteiger partial charge in [0, 0.05) is 22.7 Å². The van der Waals surface area contributed by atoms with Gasteiger partial charge in [0.2, 0.25) is 0 Å². The van der Waals surface area contributed by atoms with E-state index in [1.54, 1.807) is 23.9 Å². The van der Waals surface area contributed by atoms with E-state index in [9.17, 15) is 15.0 Å². The van der Waals surface area contributed by atoms with Gasteiger partial charge in [0.25, 0.3) is 0 Å². The molecule has 0 fully saturated rings. The molecule has 1 N–H and O–H groups in total. The fourth-order valence-electron chi connectivity index (χ4n) is 3.96. The minimum Gasteiger partial charge on any atom is -0.860 e. The zero-order valence-electron chi connectivity index (χ0n) is 22.0. The van der Waals surface area contributed by atoms with Crippen molar-refractivity contribution in [2.24, 2.45) is 9.98 Å². The molecule has 0 amide bonds. The third-order valence-corrected chi connectivity index (χ3v) is 6.64. The van der Waals surface area contributed by atoms with E-state index < -0.39 is 17.6 Å². The number of aliphatic imine (C=N–C) groups is 2. The predicted molar refractivity (Wildman–Crippen MR) is 149 cm³/mol. The first-order valence-electron chi connectivity index (χ1n) is 12.2. The maximum Gasteiger partial charge on any atom is 2.00 e. The molecule has 0 bridgehead atoms. The van der Waals surface area contributed by atoms with Gasteiger partial charge in [-0.1, -0.05) is 78.9 Å². The number of thioether (sulfide) groups is 1. The molecule has 3 aromatic carbocycles. The molecule has 0 saturated carbocycles. The first kappa shape index (κ1) is 31.3. The molecule has 0 spiro atoms. The zero-order valence-corrected chi connectivity index (χ0v) is 23.8. The Labute approximate surface area is 239 Å². The summed E-state index contributed by atoms with van der Waals surface area (Å²) in [7, 11) is 0. The van der Waals surface area contributed by atoms with E-state index >= 15 is 0 Å². The number of carbonyl (C=O) groups is 1. The Kier molecular flexibility index (Phi) is 12.2. The van der Waals surface area contributed by atoms with Crippen molar-refractivity contribution in [2.75, 3.05) is 12.0 Å². The SMILES string of the molecule is CSCC[C@@H](N=C(c1ccccc1)c1ccccc1N=C([O-])C(C)(C)N[C@@H](C)c1ccccc1)C(=O)[O-].[Ni+2]. The van der Waals surface area contributed by atoms with Crippen molar-refractivity contribution in [1.82, 2.24) is 5.32 Å². The molecule has 202 valence electrons. The summed E-state index contributed by atoms with van der Waals surface area (Å²) in [5.74, 6) is -0.934. The van der Waals surface area contributed by atoms with Crippen LogP contribution in [0.25, 0.3) is 0 Å². The Morgan fingerprint density at radius 3 is 2.13 bits per heavy atom. The van der Waals surface area contributed by atoms with Crippen LogP contribution in [0.15, 0.2) is 94.9 Å². The van der Waals surface area contributed by atoms with E-state index in [1.807, 2.05) is 99.8 Å². The fraction of sp³-hybridized carbons (Fsp3) is 0.300. The van der Waals surface area contributed by atoms with E-state index in [1.165, 1.54) is 0 Å². The maximum atomic E-state index is 13.4. The van der Waals surface area contributed by atoms with E-state index in [0.29, 0.717) is 29.1 Å². The molecular formula is C30H33N3NiO3S. The molecule has 38 heavy (non-hydrogen) atoms. The van der Waals surface area contributed by atoms with Gasteiger partial charge in [-0.2, -0.15) is 11.8 Å². The van der Waals surface area contributed by atoms with Crippen molar-refractivity contribution >= 4 is 35.0 Å². The number of hydrogen-bond donors (Lipinski definition) is 1. The minimum absolute atomic E-state index is 0. The van der Waals surface area contributed by atoms with Crippen molar-refractivity contribution in [3.63, 3.8) is 0 Å². The largest absolute Gasteiger partial charge is 2.00 e. The molecule has 0 aliphatic carbocycles. The zero-order chi connectivity index (χ0) is 26.8. The third kappa shape index (κ3) is 8.55. The van der Waals surface area contributed by atoms with Gasteiger partial charge in [0.15, 0.2) is 0 Å². The number of carbonyl (C=O) groups excluding carboxylic acids is 1. The molecule has 8 heteroatoms. The summed E-state index contributed by atoms with van der Waals surface area (Å²) in [4.78, 5) is 21.0. The second kappa shape index (κ2) is 14.9. The Morgan fingerprint density at radius 2 is 1.53 bits per heavy atom. The Balaban J connectivity index is 0.00000507. The van der Waals surface area contributed by atoms with Gasteiger partial charge in [-0.25, -0.2) is 0 Å². The average Bonchev–Trinajstić information content (AvgIpc) is 2.90. The number of benzene rings is 3. The molecule has 0 unspecified atom stereocenters. The topological polar surface area (TPSA) is 99.9 Å². The molecule has 0 aromatic heterocycles. The summed E-state index contributed by atoms with van der Waals surface area (Å²) in [5.41, 5.74) is 2.34. The van der Waals surface area contributed by atoms with Gasteiger partial charge < -0.3 is 20.3 Å². The second-order valence-corrected chi connectivity index (χ2v) is 10.3. The Bertz CT molecular complexity index is 1230. The molecule has 2 atom stereocenters. The van der Waals surface area contributed by atoms with Crippen molar-refractivity contribution < 1.29 is 31.5 Å². The number of aliphatic carboxylic acids is 1. The fourth-order valence-corrected chi connectivity index (χ4v) is 4.42. The predicted octanol–water partition coefficient (Wildman–Crippen LogP) is 3.91. The van der Waals surface area contributed by atoms with Crippen LogP contribution in [0.2, 0.25) is 0 Å². The number of para-hydroxylation sites is 1. The van der Waals surface area contributed by atoms with E-state index in [4.69, 9.17) is 0 Å². The number of nitrogens with one attached hydrogen (secondary N) is 1. The van der Waals surface area contributed by atoms with Crippen molar-refractivity contribution in [2.45, 2.75) is 44.8 Å². The second-order valence-electron chi connectivity index (χ2n) is 9.30. The third-order valence-electron chi connectivity index (χ3n) is 5.99. The minimum atomic E-state index is -1.23. The van der Waals surface area contributed by atoms with Gasteiger partial charge in [-0.3, -0.25) is 9.98 Å². The normalized spacial score (nSPS) is 13.9. The van der Waals surface area contributed by atoms with Crippen LogP contribution in [0.4, 0.5) is 5.69 Å². The van der Waals surface area contributed by atoms with Crippen LogP contribution in [0.5, 0.6) is 0 Å². The maximum absolute atomic E-state index is 13.4. The van der Waals surface area contributed by atoms with E-state index in [-0.39, 0.29) is 28.4 Å². The molecule has 6 nitrogen and oxygen atoms in total. The summed E-state index contributed by atoms with van der Waals surface area (Å²) in [6.45, 7) is 5.62. The average molecular weight is 574 g/mol. The summed E-state index contributed by atoms with van der Waals surface area (Å²) >= 11 is 1.55. The van der Waals surface area contributed by atoms with Crippen LogP contribution >= 0.6 is 11.8 Å². The molecule has 0 radical (unpaired) electrons. The van der Waals surface area contributed by atoms with Gasteiger partial charge in [0.1, 0.15) is 0 Å². The standard InChI is InChI=1S/C30H35N3O3S.Ni/c1-21(22-13-7-5-8-14-22)33-30(2,3)29(36)32-25-18-12-11-17-24(25)27(23-15-9-6-10-16-23)31-26(28(34)35)19-20-37-4;/h5-18,21,26,33H,19-20H2,1-4H3,(H,32,36)(H,34,35);/q;+2/p-2/t21-,26+;/m0./s1. The van der Waals surface area contributed by atoms with Crippen molar-refractivity contribution in [3.8, 4) is 0 Å². The monoisotopic (exact) mass is 573 g/mol.